The Balaban J connectivity index is 2.50. The van der Waals surface area contributed by atoms with Crippen LogP contribution in [-0.2, 0) is 4.79 Å². The van der Waals surface area contributed by atoms with Crippen molar-refractivity contribution >= 4 is 33.3 Å². The number of Topliss-reactive ketones (excluding diaryl/α,β-unsaturated/α-hetero) is 1. The summed E-state index contributed by atoms with van der Waals surface area (Å²) in [5.41, 5.74) is 0.401. The van der Waals surface area contributed by atoms with Crippen LogP contribution in [0.25, 0.3) is 0 Å². The number of fused-ring (bicyclic) bond motifs is 1. The van der Waals surface area contributed by atoms with Crippen molar-refractivity contribution in [1.82, 2.24) is 0 Å². The van der Waals surface area contributed by atoms with E-state index in [1.165, 1.54) is 6.07 Å². The van der Waals surface area contributed by atoms with Gasteiger partial charge in [0.25, 0.3) is 18.1 Å². The lowest BCUT2D eigenvalue weighted by molar-refractivity contribution is -0.114. The van der Waals surface area contributed by atoms with Gasteiger partial charge in [-0.05, 0) is 28.1 Å². The summed E-state index contributed by atoms with van der Waals surface area (Å²) in [5, 5.41) is 0. The van der Waals surface area contributed by atoms with E-state index in [4.69, 9.17) is 0 Å². The van der Waals surface area contributed by atoms with Gasteiger partial charge in [-0.15, -0.1) is 0 Å². The Bertz CT molecular complexity index is 476. The van der Waals surface area contributed by atoms with Crippen molar-refractivity contribution in [2.75, 3.05) is 11.4 Å². The third kappa shape index (κ3) is 1.63. The van der Waals surface area contributed by atoms with Crippen LogP contribution in [0.15, 0.2) is 22.7 Å². The van der Waals surface area contributed by atoms with Crippen LogP contribution in [0.2, 0.25) is 0 Å². The molecule has 6 heteroatoms. The lowest BCUT2D eigenvalue weighted by atomic mass is 10.1. The molecule has 1 aliphatic heterocycles. The van der Waals surface area contributed by atoms with E-state index in [0.29, 0.717) is 4.47 Å². The number of alkyl halides is 2. The summed E-state index contributed by atoms with van der Waals surface area (Å²) in [7, 11) is 0. The summed E-state index contributed by atoms with van der Waals surface area (Å²) in [6, 6.07) is 4.66. The molecule has 0 unspecified atom stereocenters. The average molecular weight is 290 g/mol. The van der Waals surface area contributed by atoms with Gasteiger partial charge in [-0.3, -0.25) is 14.5 Å². The maximum absolute atomic E-state index is 12.3. The van der Waals surface area contributed by atoms with E-state index in [2.05, 4.69) is 15.9 Å². The molecule has 0 atom stereocenters. The SMILES string of the molecule is O=C1C(=O)N(CC(F)F)c2cccc(Br)c21. The first-order valence-corrected chi connectivity index (χ1v) is 5.24. The zero-order valence-corrected chi connectivity index (χ0v) is 9.50. The summed E-state index contributed by atoms with van der Waals surface area (Å²) in [6.07, 6.45) is -2.67. The zero-order chi connectivity index (χ0) is 11.9. The highest BCUT2D eigenvalue weighted by atomic mass is 79.9. The van der Waals surface area contributed by atoms with Gasteiger partial charge in [0, 0.05) is 4.47 Å². The van der Waals surface area contributed by atoms with Gasteiger partial charge < -0.3 is 0 Å². The third-order valence-corrected chi connectivity index (χ3v) is 2.93. The van der Waals surface area contributed by atoms with Crippen molar-refractivity contribution in [3.63, 3.8) is 0 Å². The van der Waals surface area contributed by atoms with Crippen molar-refractivity contribution in [2.24, 2.45) is 0 Å². The third-order valence-electron chi connectivity index (χ3n) is 2.27. The van der Waals surface area contributed by atoms with Crippen LogP contribution in [-0.4, -0.2) is 24.7 Å². The molecule has 84 valence electrons. The molecule has 0 bridgehead atoms. The molecule has 0 aliphatic carbocycles. The van der Waals surface area contributed by atoms with E-state index in [-0.39, 0.29) is 11.3 Å². The van der Waals surface area contributed by atoms with E-state index < -0.39 is 24.7 Å². The Morgan fingerprint density at radius 2 is 2.00 bits per heavy atom. The highest BCUT2D eigenvalue weighted by Crippen LogP contribution is 2.34. The predicted molar refractivity (Wildman–Crippen MR) is 56.8 cm³/mol. The summed E-state index contributed by atoms with van der Waals surface area (Å²) in [5.74, 6) is -1.65. The van der Waals surface area contributed by atoms with Gasteiger partial charge in [-0.1, -0.05) is 6.07 Å². The van der Waals surface area contributed by atoms with Gasteiger partial charge in [0.05, 0.1) is 17.8 Å². The summed E-state index contributed by atoms with van der Waals surface area (Å²) in [6.45, 7) is -0.756. The van der Waals surface area contributed by atoms with Crippen LogP contribution in [0.1, 0.15) is 10.4 Å². The number of anilines is 1. The van der Waals surface area contributed by atoms with Crippen molar-refractivity contribution in [1.29, 1.82) is 0 Å². The fourth-order valence-corrected chi connectivity index (χ4v) is 2.16. The summed E-state index contributed by atoms with van der Waals surface area (Å²) >= 11 is 3.12. The molecule has 1 heterocycles. The number of hydrogen-bond acceptors (Lipinski definition) is 2. The van der Waals surface area contributed by atoms with Crippen LogP contribution in [0, 0.1) is 0 Å². The number of rotatable bonds is 2. The molecule has 0 fully saturated rings. The topological polar surface area (TPSA) is 37.4 Å². The standard InChI is InChI=1S/C10H6BrF2NO2/c11-5-2-1-3-6-8(5)9(15)10(16)14(6)4-7(12)13/h1-3,7H,4H2. The Kier molecular flexibility index (Phi) is 2.75. The lowest BCUT2D eigenvalue weighted by Crippen LogP contribution is -2.33. The van der Waals surface area contributed by atoms with E-state index in [1.807, 2.05) is 0 Å². The number of carbonyl (C=O) groups is 2. The van der Waals surface area contributed by atoms with Crippen molar-refractivity contribution in [3.05, 3.63) is 28.2 Å². The lowest BCUT2D eigenvalue weighted by Gasteiger charge is -2.15. The highest BCUT2D eigenvalue weighted by Gasteiger charge is 2.38. The molecular weight excluding hydrogens is 284 g/mol. The van der Waals surface area contributed by atoms with Crippen molar-refractivity contribution in [2.45, 2.75) is 6.43 Å². The Hall–Kier alpha value is -1.30. The number of amides is 1. The van der Waals surface area contributed by atoms with Crippen LogP contribution >= 0.6 is 15.9 Å². The van der Waals surface area contributed by atoms with Crippen molar-refractivity contribution in [3.8, 4) is 0 Å². The van der Waals surface area contributed by atoms with E-state index in [0.717, 1.165) is 4.90 Å². The number of benzene rings is 1. The van der Waals surface area contributed by atoms with E-state index >= 15 is 0 Å². The zero-order valence-electron chi connectivity index (χ0n) is 7.91. The van der Waals surface area contributed by atoms with Gasteiger partial charge in [-0.25, -0.2) is 8.78 Å². The molecule has 1 aliphatic rings. The molecule has 0 radical (unpaired) electrons. The first-order valence-electron chi connectivity index (χ1n) is 4.45. The number of ketones is 1. The first-order chi connectivity index (χ1) is 7.52. The van der Waals surface area contributed by atoms with Crippen LogP contribution in [0.5, 0.6) is 0 Å². The van der Waals surface area contributed by atoms with Gasteiger partial charge in [0.2, 0.25) is 0 Å². The Morgan fingerprint density at radius 1 is 1.31 bits per heavy atom. The minimum Gasteiger partial charge on any atom is -0.299 e. The molecule has 3 nitrogen and oxygen atoms in total. The second-order valence-corrected chi connectivity index (χ2v) is 4.12. The fourth-order valence-electron chi connectivity index (χ4n) is 1.62. The van der Waals surface area contributed by atoms with Crippen LogP contribution in [0.4, 0.5) is 14.5 Å². The molecule has 0 saturated heterocycles. The normalized spacial score (nSPS) is 14.9. The number of nitrogens with zero attached hydrogens (tertiary/aromatic N) is 1. The van der Waals surface area contributed by atoms with Crippen LogP contribution < -0.4 is 4.90 Å². The monoisotopic (exact) mass is 289 g/mol. The van der Waals surface area contributed by atoms with Gasteiger partial charge in [0.15, 0.2) is 0 Å². The molecule has 1 aromatic carbocycles. The maximum atomic E-state index is 12.3. The smallest absolute Gasteiger partial charge is 0.299 e. The molecule has 0 N–H and O–H groups in total. The molecule has 16 heavy (non-hydrogen) atoms. The molecule has 1 amide bonds. The maximum Gasteiger partial charge on any atom is 0.299 e. The fraction of sp³-hybridized carbons (Fsp3) is 0.200. The average Bonchev–Trinajstić information content (AvgIpc) is 2.44. The number of hydrogen-bond donors (Lipinski definition) is 0. The van der Waals surface area contributed by atoms with Crippen LogP contribution in [0.3, 0.4) is 0 Å². The van der Waals surface area contributed by atoms with Gasteiger partial charge in [-0.2, -0.15) is 0 Å². The quantitative estimate of drug-likeness (QED) is 0.783. The Labute approximate surface area is 98.2 Å². The van der Waals surface area contributed by atoms with E-state index in [9.17, 15) is 18.4 Å². The summed E-state index contributed by atoms with van der Waals surface area (Å²) < 4.78 is 25.0. The molecular formula is C10H6BrF2NO2. The molecule has 1 aromatic rings. The molecule has 2 rings (SSSR count). The summed E-state index contributed by atoms with van der Waals surface area (Å²) in [4.78, 5) is 23.8. The first kappa shape index (κ1) is 11.2. The van der Waals surface area contributed by atoms with Crippen molar-refractivity contribution < 1.29 is 18.4 Å². The minimum absolute atomic E-state index is 0.160. The second kappa shape index (κ2) is 3.93. The molecule has 0 aromatic heterocycles. The number of halogens is 3. The van der Waals surface area contributed by atoms with Gasteiger partial charge >= 0.3 is 0 Å². The molecule has 0 spiro atoms. The minimum atomic E-state index is -2.67. The number of carbonyl (C=O) groups excluding carboxylic acids is 2. The van der Waals surface area contributed by atoms with Gasteiger partial charge in [0.1, 0.15) is 0 Å². The van der Waals surface area contributed by atoms with E-state index in [1.54, 1.807) is 12.1 Å². The predicted octanol–water partition coefficient (Wildman–Crippen LogP) is 2.24. The Morgan fingerprint density at radius 3 is 2.62 bits per heavy atom. The molecule has 0 saturated carbocycles. The second-order valence-electron chi connectivity index (χ2n) is 3.27. The highest BCUT2D eigenvalue weighted by molar-refractivity contribution is 9.10. The largest absolute Gasteiger partial charge is 0.299 e.